The fourth-order valence-electron chi connectivity index (χ4n) is 0.724. The van der Waals surface area contributed by atoms with Gasteiger partial charge in [0.25, 0.3) is 0 Å². The molecule has 0 bridgehead atoms. The number of rotatable bonds is 6. The van der Waals surface area contributed by atoms with Crippen molar-refractivity contribution >= 4 is 13.8 Å². The van der Waals surface area contributed by atoms with Crippen LogP contribution in [0.5, 0.6) is 0 Å². The fraction of sp³-hybridized carbons (Fsp3) is 0.889. The highest BCUT2D eigenvalue weighted by molar-refractivity contribution is 7.45. The van der Waals surface area contributed by atoms with E-state index in [9.17, 15) is 4.79 Å². The quantitative estimate of drug-likeness (QED) is 0.378. The Labute approximate surface area is 95.9 Å². The summed E-state index contributed by atoms with van der Waals surface area (Å²) in [7, 11) is -4.64. The van der Waals surface area contributed by atoms with E-state index in [1.165, 1.54) is 0 Å². The van der Waals surface area contributed by atoms with E-state index in [1.807, 2.05) is 0 Å². The first-order chi connectivity index (χ1) is 7.31. The lowest BCUT2D eigenvalue weighted by Gasteiger charge is -2.01. The van der Waals surface area contributed by atoms with Gasteiger partial charge in [0.05, 0.1) is 6.61 Å². The molecule has 0 aromatic carbocycles. The summed E-state index contributed by atoms with van der Waals surface area (Å²) in [6.45, 7) is 4.75. The third-order valence-electron chi connectivity index (χ3n) is 1.50. The second-order valence-corrected chi connectivity index (χ2v) is 4.22. The maximum Gasteiger partial charge on any atom is 0.466 e. The van der Waals surface area contributed by atoms with Crippen LogP contribution in [0.15, 0.2) is 0 Å². The minimum atomic E-state index is -4.64. The maximum atomic E-state index is 10.9. The summed E-state index contributed by atoms with van der Waals surface area (Å²) in [6, 6.07) is 0. The highest BCUT2D eigenvalue weighted by Crippen LogP contribution is 2.25. The summed E-state index contributed by atoms with van der Waals surface area (Å²) >= 11 is 0. The molecule has 6 nitrogen and oxygen atoms in total. The minimum absolute atomic E-state index is 0.0414. The average Bonchev–Trinajstić information content (AvgIpc) is 2.12. The molecule has 16 heavy (non-hydrogen) atoms. The molecule has 0 rings (SSSR count). The van der Waals surface area contributed by atoms with Crippen LogP contribution in [0.3, 0.4) is 0 Å². The van der Waals surface area contributed by atoms with Gasteiger partial charge < -0.3 is 19.4 Å². The van der Waals surface area contributed by atoms with Crippen LogP contribution in [-0.2, 0) is 14.1 Å². The summed E-state index contributed by atoms with van der Waals surface area (Å²) in [5, 5.41) is 0. The predicted molar refractivity (Wildman–Crippen MR) is 59.7 cm³/mol. The molecular formula is C9H21O6P. The molecule has 0 fully saturated rings. The number of hydrogen-bond acceptors (Lipinski definition) is 3. The van der Waals surface area contributed by atoms with Gasteiger partial charge >= 0.3 is 13.8 Å². The zero-order chi connectivity index (χ0) is 13.0. The van der Waals surface area contributed by atoms with E-state index >= 15 is 0 Å². The normalized spacial score (nSPS) is 10.3. The minimum Gasteiger partial charge on any atom is -0.466 e. The lowest BCUT2D eigenvalue weighted by molar-refractivity contribution is -0.143. The second kappa shape index (κ2) is 11.1. The molecule has 7 heteroatoms. The number of phosphoric acid groups is 1. The molecular weight excluding hydrogens is 235 g/mol. The number of esters is 1. The van der Waals surface area contributed by atoms with Gasteiger partial charge in [0, 0.05) is 6.42 Å². The SMILES string of the molecule is CCCCOC(=O)CCCC.O=P(O)(O)O. The Balaban J connectivity index is 0. The zero-order valence-electron chi connectivity index (χ0n) is 9.76. The molecule has 0 aromatic heterocycles. The van der Waals surface area contributed by atoms with E-state index in [1.54, 1.807) is 0 Å². The Hall–Kier alpha value is -0.420. The molecule has 0 saturated heterocycles. The van der Waals surface area contributed by atoms with Crippen LogP contribution in [0, 0.1) is 0 Å². The maximum absolute atomic E-state index is 10.9. The van der Waals surface area contributed by atoms with Gasteiger partial charge in [0.2, 0.25) is 0 Å². The molecule has 0 aliphatic carbocycles. The summed E-state index contributed by atoms with van der Waals surface area (Å²) < 4.78 is 13.8. The Bertz CT molecular complexity index is 204. The van der Waals surface area contributed by atoms with Gasteiger partial charge in [-0.2, -0.15) is 0 Å². The first-order valence-electron chi connectivity index (χ1n) is 5.25. The van der Waals surface area contributed by atoms with Gasteiger partial charge in [0.1, 0.15) is 0 Å². The lowest BCUT2D eigenvalue weighted by atomic mass is 10.2. The van der Waals surface area contributed by atoms with Crippen molar-refractivity contribution in [3.8, 4) is 0 Å². The van der Waals surface area contributed by atoms with E-state index in [0.29, 0.717) is 13.0 Å². The Morgan fingerprint density at radius 2 is 1.56 bits per heavy atom. The van der Waals surface area contributed by atoms with E-state index in [2.05, 4.69) is 13.8 Å². The third kappa shape index (κ3) is 29.2. The van der Waals surface area contributed by atoms with Gasteiger partial charge in [-0.1, -0.05) is 26.7 Å². The molecule has 0 atom stereocenters. The second-order valence-electron chi connectivity index (χ2n) is 3.19. The van der Waals surface area contributed by atoms with Crippen LogP contribution < -0.4 is 0 Å². The van der Waals surface area contributed by atoms with Crippen LogP contribution in [0.25, 0.3) is 0 Å². The van der Waals surface area contributed by atoms with Crippen LogP contribution in [0.4, 0.5) is 0 Å². The molecule has 3 N–H and O–H groups in total. The Kier molecular flexibility index (Phi) is 12.4. The molecule has 0 heterocycles. The molecule has 0 saturated carbocycles. The largest absolute Gasteiger partial charge is 0.466 e. The van der Waals surface area contributed by atoms with Gasteiger partial charge in [-0.3, -0.25) is 4.79 Å². The molecule has 0 aliphatic heterocycles. The molecule has 0 aromatic rings. The first-order valence-corrected chi connectivity index (χ1v) is 6.81. The van der Waals surface area contributed by atoms with Crippen molar-refractivity contribution in [1.82, 2.24) is 0 Å². The van der Waals surface area contributed by atoms with Gasteiger partial charge in [-0.15, -0.1) is 0 Å². The topological polar surface area (TPSA) is 104 Å². The van der Waals surface area contributed by atoms with Crippen molar-refractivity contribution in [1.29, 1.82) is 0 Å². The Morgan fingerprint density at radius 1 is 1.12 bits per heavy atom. The smallest absolute Gasteiger partial charge is 0.466 e. The summed E-state index contributed by atoms with van der Waals surface area (Å²) in [6.07, 6.45) is 4.66. The molecule has 0 spiro atoms. The zero-order valence-corrected chi connectivity index (χ0v) is 10.7. The van der Waals surface area contributed by atoms with Crippen molar-refractivity contribution in [2.75, 3.05) is 6.61 Å². The van der Waals surface area contributed by atoms with Crippen molar-refractivity contribution in [2.45, 2.75) is 46.0 Å². The van der Waals surface area contributed by atoms with E-state index < -0.39 is 7.82 Å². The predicted octanol–water partition coefficient (Wildman–Crippen LogP) is 1.59. The molecule has 0 aliphatic rings. The standard InChI is InChI=1S/C9H18O2.H3O4P/c1-3-5-7-9(10)11-8-6-4-2;1-5(2,3)4/h3-8H2,1-2H3;(H3,1,2,3,4). The monoisotopic (exact) mass is 256 g/mol. The number of hydrogen-bond donors (Lipinski definition) is 3. The highest BCUT2D eigenvalue weighted by Gasteiger charge is 2.00. The molecule has 0 radical (unpaired) electrons. The molecule has 0 unspecified atom stereocenters. The molecule has 98 valence electrons. The van der Waals surface area contributed by atoms with Crippen molar-refractivity contribution in [3.63, 3.8) is 0 Å². The lowest BCUT2D eigenvalue weighted by Crippen LogP contribution is -2.04. The highest BCUT2D eigenvalue weighted by atomic mass is 31.2. The number of carbonyl (C=O) groups excluding carboxylic acids is 1. The van der Waals surface area contributed by atoms with Crippen LogP contribution in [0.2, 0.25) is 0 Å². The average molecular weight is 256 g/mol. The van der Waals surface area contributed by atoms with Gasteiger partial charge in [-0.05, 0) is 12.8 Å². The van der Waals surface area contributed by atoms with Crippen molar-refractivity contribution < 1.29 is 28.8 Å². The van der Waals surface area contributed by atoms with E-state index in [4.69, 9.17) is 24.0 Å². The van der Waals surface area contributed by atoms with Gasteiger partial charge in [0.15, 0.2) is 0 Å². The number of unbranched alkanes of at least 4 members (excludes halogenated alkanes) is 2. The van der Waals surface area contributed by atoms with Gasteiger partial charge in [-0.25, -0.2) is 4.57 Å². The molecule has 0 amide bonds. The Morgan fingerprint density at radius 3 is 1.94 bits per heavy atom. The summed E-state index contributed by atoms with van der Waals surface area (Å²) in [5.74, 6) is -0.0414. The van der Waals surface area contributed by atoms with Crippen LogP contribution >= 0.6 is 7.82 Å². The van der Waals surface area contributed by atoms with Crippen LogP contribution in [-0.4, -0.2) is 27.3 Å². The fourth-order valence-corrected chi connectivity index (χ4v) is 0.724. The summed E-state index contributed by atoms with van der Waals surface area (Å²) in [5.41, 5.74) is 0. The third-order valence-corrected chi connectivity index (χ3v) is 1.50. The van der Waals surface area contributed by atoms with E-state index in [-0.39, 0.29) is 5.97 Å². The first kappa shape index (κ1) is 18.0. The van der Waals surface area contributed by atoms with Crippen molar-refractivity contribution in [2.24, 2.45) is 0 Å². The number of carbonyl (C=O) groups is 1. The number of ether oxygens (including phenoxy) is 1. The van der Waals surface area contributed by atoms with Crippen LogP contribution in [0.1, 0.15) is 46.0 Å². The van der Waals surface area contributed by atoms with E-state index in [0.717, 1.165) is 25.7 Å². The summed E-state index contributed by atoms with van der Waals surface area (Å²) in [4.78, 5) is 32.4. The van der Waals surface area contributed by atoms with Crippen molar-refractivity contribution in [3.05, 3.63) is 0 Å².